The summed E-state index contributed by atoms with van der Waals surface area (Å²) in [7, 11) is 1.64. The molecule has 0 amide bonds. The molecule has 0 saturated carbocycles. The van der Waals surface area contributed by atoms with Gasteiger partial charge in [-0.3, -0.25) is 5.43 Å². The van der Waals surface area contributed by atoms with Gasteiger partial charge in [0.1, 0.15) is 0 Å². The second kappa shape index (κ2) is 8.02. The quantitative estimate of drug-likeness (QED) is 0.377. The molecule has 0 heterocycles. The molecule has 0 unspecified atom stereocenters. The number of benzene rings is 1. The summed E-state index contributed by atoms with van der Waals surface area (Å²) in [6.07, 6.45) is 0. The molecule has 4 nitrogen and oxygen atoms in total. The lowest BCUT2D eigenvalue weighted by molar-refractivity contribution is 0.204. The molecule has 0 radical (unpaired) electrons. The molecule has 0 aliphatic heterocycles. The minimum atomic E-state index is 0.466. The first kappa shape index (κ1) is 14.9. The Balaban J connectivity index is 2.49. The van der Waals surface area contributed by atoms with Gasteiger partial charge in [0, 0.05) is 18.7 Å². The van der Waals surface area contributed by atoms with Gasteiger partial charge in [-0.1, -0.05) is 23.7 Å². The Kier molecular flexibility index (Phi) is 6.64. The van der Waals surface area contributed by atoms with Crippen molar-refractivity contribution in [2.24, 2.45) is 5.10 Å². The summed E-state index contributed by atoms with van der Waals surface area (Å²) in [5.74, 6) is 0. The zero-order valence-corrected chi connectivity index (χ0v) is 11.9. The van der Waals surface area contributed by atoms with Crippen molar-refractivity contribution in [2.75, 3.05) is 20.3 Å². The summed E-state index contributed by atoms with van der Waals surface area (Å²) >= 11 is 11.0. The van der Waals surface area contributed by atoms with Crippen LogP contribution in [0.3, 0.4) is 0 Å². The number of nitrogens with one attached hydrogen (secondary N) is 2. The van der Waals surface area contributed by atoms with Crippen LogP contribution >= 0.6 is 23.8 Å². The Morgan fingerprint density at radius 2 is 2.28 bits per heavy atom. The predicted octanol–water partition coefficient (Wildman–Crippen LogP) is 2.17. The van der Waals surface area contributed by atoms with E-state index in [1.807, 2.05) is 31.2 Å². The first-order valence-electron chi connectivity index (χ1n) is 5.46. The Hall–Kier alpha value is -1.17. The highest BCUT2D eigenvalue weighted by atomic mass is 35.5. The van der Waals surface area contributed by atoms with Gasteiger partial charge in [-0.2, -0.15) is 5.10 Å². The van der Waals surface area contributed by atoms with Crippen molar-refractivity contribution in [3.8, 4) is 0 Å². The van der Waals surface area contributed by atoms with Crippen molar-refractivity contribution < 1.29 is 4.74 Å². The largest absolute Gasteiger partial charge is 0.383 e. The van der Waals surface area contributed by atoms with Gasteiger partial charge in [0.2, 0.25) is 0 Å². The number of nitrogens with zero attached hydrogens (tertiary/aromatic N) is 1. The minimum absolute atomic E-state index is 0.466. The summed E-state index contributed by atoms with van der Waals surface area (Å²) in [6.45, 7) is 3.13. The van der Waals surface area contributed by atoms with E-state index >= 15 is 0 Å². The second-order valence-electron chi connectivity index (χ2n) is 3.57. The fourth-order valence-electron chi connectivity index (χ4n) is 1.22. The van der Waals surface area contributed by atoms with Gasteiger partial charge in [-0.15, -0.1) is 0 Å². The molecule has 1 rings (SSSR count). The smallest absolute Gasteiger partial charge is 0.187 e. The average molecular weight is 286 g/mol. The molecule has 0 aliphatic rings. The molecule has 6 heteroatoms. The van der Waals surface area contributed by atoms with Crippen molar-refractivity contribution in [1.82, 2.24) is 10.7 Å². The molecule has 0 fully saturated rings. The van der Waals surface area contributed by atoms with Crippen molar-refractivity contribution in [1.29, 1.82) is 0 Å². The summed E-state index contributed by atoms with van der Waals surface area (Å²) in [5, 5.41) is 8.29. The number of rotatable bonds is 5. The number of hydrogen-bond donors (Lipinski definition) is 2. The maximum Gasteiger partial charge on any atom is 0.187 e. The highest BCUT2D eigenvalue weighted by Crippen LogP contribution is 2.11. The van der Waals surface area contributed by atoms with E-state index in [9.17, 15) is 0 Å². The Labute approximate surface area is 117 Å². The maximum atomic E-state index is 5.91. The van der Waals surface area contributed by atoms with Crippen molar-refractivity contribution in [3.63, 3.8) is 0 Å². The van der Waals surface area contributed by atoms with Gasteiger partial charge in [-0.25, -0.2) is 0 Å². The Morgan fingerprint density at radius 3 is 2.94 bits per heavy atom. The van der Waals surface area contributed by atoms with Crippen LogP contribution in [0.2, 0.25) is 5.02 Å². The molecule has 0 bridgehead atoms. The molecule has 0 atom stereocenters. The third-order valence-corrected chi connectivity index (χ3v) is 2.63. The molecule has 0 spiro atoms. The van der Waals surface area contributed by atoms with Crippen LogP contribution in [-0.2, 0) is 4.74 Å². The molecule has 0 aliphatic carbocycles. The summed E-state index contributed by atoms with van der Waals surface area (Å²) in [5.41, 5.74) is 4.54. The molecular formula is C12H16ClN3OS. The average Bonchev–Trinajstić information content (AvgIpc) is 2.36. The van der Waals surface area contributed by atoms with Crippen LogP contribution < -0.4 is 10.7 Å². The summed E-state index contributed by atoms with van der Waals surface area (Å²) in [6, 6.07) is 7.49. The molecule has 18 heavy (non-hydrogen) atoms. The van der Waals surface area contributed by atoms with Gasteiger partial charge < -0.3 is 10.1 Å². The van der Waals surface area contributed by atoms with E-state index in [0.29, 0.717) is 23.3 Å². The Morgan fingerprint density at radius 1 is 1.50 bits per heavy atom. The molecule has 1 aromatic rings. The van der Waals surface area contributed by atoms with E-state index in [-0.39, 0.29) is 0 Å². The van der Waals surface area contributed by atoms with Crippen LogP contribution in [0.5, 0.6) is 0 Å². The van der Waals surface area contributed by atoms with E-state index in [2.05, 4.69) is 15.8 Å². The van der Waals surface area contributed by atoms with Crippen molar-refractivity contribution in [2.45, 2.75) is 6.92 Å². The van der Waals surface area contributed by atoms with Gasteiger partial charge in [0.25, 0.3) is 0 Å². The number of hydrazone groups is 1. The molecule has 98 valence electrons. The van der Waals surface area contributed by atoms with E-state index in [0.717, 1.165) is 11.3 Å². The van der Waals surface area contributed by atoms with Crippen LogP contribution in [-0.4, -0.2) is 31.1 Å². The van der Waals surface area contributed by atoms with E-state index in [1.165, 1.54) is 0 Å². The maximum absolute atomic E-state index is 5.91. The normalized spacial score (nSPS) is 11.2. The monoisotopic (exact) mass is 285 g/mol. The highest BCUT2D eigenvalue weighted by molar-refractivity contribution is 7.80. The van der Waals surface area contributed by atoms with E-state index < -0.39 is 0 Å². The number of halogens is 1. The van der Waals surface area contributed by atoms with Crippen LogP contribution in [0.15, 0.2) is 29.4 Å². The highest BCUT2D eigenvalue weighted by Gasteiger charge is 1.99. The number of methoxy groups -OCH3 is 1. The standard InChI is InChI=1S/C12H16ClN3OS/c1-9(10-4-3-5-11(13)8-10)15-16-12(18)14-6-7-17-2/h3-5,8H,6-7H2,1-2H3,(H2,14,16,18)/b15-9-. The van der Waals surface area contributed by atoms with E-state index in [1.54, 1.807) is 7.11 Å². The molecular weight excluding hydrogens is 270 g/mol. The van der Waals surface area contributed by atoms with Crippen molar-refractivity contribution in [3.05, 3.63) is 34.9 Å². The third-order valence-electron chi connectivity index (χ3n) is 2.16. The van der Waals surface area contributed by atoms with Crippen LogP contribution in [0.4, 0.5) is 0 Å². The second-order valence-corrected chi connectivity index (χ2v) is 4.41. The first-order chi connectivity index (χ1) is 8.63. The molecule has 1 aromatic carbocycles. The zero-order chi connectivity index (χ0) is 13.4. The Bertz CT molecular complexity index is 437. The predicted molar refractivity (Wildman–Crippen MR) is 79.3 cm³/mol. The van der Waals surface area contributed by atoms with Crippen LogP contribution in [0.1, 0.15) is 12.5 Å². The number of thiocarbonyl (C=S) groups is 1. The summed E-state index contributed by atoms with van der Waals surface area (Å²) in [4.78, 5) is 0. The zero-order valence-electron chi connectivity index (χ0n) is 10.4. The fourth-order valence-corrected chi connectivity index (χ4v) is 1.56. The van der Waals surface area contributed by atoms with Gasteiger partial charge >= 0.3 is 0 Å². The third kappa shape index (κ3) is 5.44. The van der Waals surface area contributed by atoms with Crippen LogP contribution in [0, 0.1) is 0 Å². The van der Waals surface area contributed by atoms with Gasteiger partial charge in [0.15, 0.2) is 5.11 Å². The van der Waals surface area contributed by atoms with Gasteiger partial charge in [0.05, 0.1) is 12.3 Å². The number of hydrogen-bond acceptors (Lipinski definition) is 3. The van der Waals surface area contributed by atoms with Crippen LogP contribution in [0.25, 0.3) is 0 Å². The molecule has 0 saturated heterocycles. The van der Waals surface area contributed by atoms with Gasteiger partial charge in [-0.05, 0) is 36.8 Å². The minimum Gasteiger partial charge on any atom is -0.383 e. The lowest BCUT2D eigenvalue weighted by Gasteiger charge is -2.07. The van der Waals surface area contributed by atoms with Crippen molar-refractivity contribution >= 4 is 34.6 Å². The van der Waals surface area contributed by atoms with E-state index in [4.69, 9.17) is 28.6 Å². The summed E-state index contributed by atoms with van der Waals surface area (Å²) < 4.78 is 4.90. The molecule has 0 aromatic heterocycles. The number of ether oxygens (including phenoxy) is 1. The lowest BCUT2D eigenvalue weighted by Crippen LogP contribution is -2.34. The fraction of sp³-hybridized carbons (Fsp3) is 0.333. The molecule has 2 N–H and O–H groups in total. The first-order valence-corrected chi connectivity index (χ1v) is 6.25. The lowest BCUT2D eigenvalue weighted by atomic mass is 10.1. The SMILES string of the molecule is COCCNC(=S)N/N=C(/C)c1cccc(Cl)c1. The topological polar surface area (TPSA) is 45.6 Å².